The van der Waals surface area contributed by atoms with E-state index in [1.165, 1.54) is 12.4 Å². The molecule has 2 heterocycles. The molecule has 2 aromatic heterocycles. The second kappa shape index (κ2) is 9.40. The number of imidazole rings is 1. The molecule has 4 rings (SSSR count). The summed E-state index contributed by atoms with van der Waals surface area (Å²) in [6.45, 7) is 1.86. The number of anilines is 4. The Bertz CT molecular complexity index is 1320. The van der Waals surface area contributed by atoms with Gasteiger partial charge in [0.25, 0.3) is 0 Å². The Morgan fingerprint density at radius 1 is 0.941 bits per heavy atom. The van der Waals surface area contributed by atoms with E-state index < -0.39 is 22.8 Å². The lowest BCUT2D eigenvalue weighted by Gasteiger charge is -2.13. The Kier molecular flexibility index (Phi) is 6.37. The van der Waals surface area contributed by atoms with E-state index in [0.717, 1.165) is 18.0 Å². The summed E-state index contributed by atoms with van der Waals surface area (Å²) < 4.78 is 40.8. The van der Waals surface area contributed by atoms with Gasteiger partial charge in [-0.25, -0.2) is 19.7 Å². The van der Waals surface area contributed by atoms with Gasteiger partial charge in [0, 0.05) is 35.5 Å². The quantitative estimate of drug-likeness (QED) is 0.319. The standard InChI is InChI=1S/C22H17ClF3N7O/c1-13-27-8-9-33(13)20-11-19(28-12-29-20)30-14-2-4-15(5-3-14)31-21(34)32-16-6-7-18(23)17(10-16)22(24,25)26/h2-12H,1H3,(H,28,29,30)(H2,31,32,34). The second-order valence-corrected chi connectivity index (χ2v) is 7.49. The molecular weight excluding hydrogens is 471 g/mol. The van der Waals surface area contributed by atoms with Crippen molar-refractivity contribution in [1.82, 2.24) is 19.5 Å². The molecule has 174 valence electrons. The molecule has 0 bridgehead atoms. The van der Waals surface area contributed by atoms with Gasteiger partial charge in [0.1, 0.15) is 23.8 Å². The zero-order valence-corrected chi connectivity index (χ0v) is 18.3. The van der Waals surface area contributed by atoms with Gasteiger partial charge in [-0.3, -0.25) is 4.57 Å². The third-order valence-corrected chi connectivity index (χ3v) is 5.00. The van der Waals surface area contributed by atoms with E-state index in [-0.39, 0.29) is 5.69 Å². The molecule has 34 heavy (non-hydrogen) atoms. The summed E-state index contributed by atoms with van der Waals surface area (Å²) >= 11 is 5.60. The van der Waals surface area contributed by atoms with Crippen LogP contribution in [0.15, 0.2) is 67.3 Å². The zero-order chi connectivity index (χ0) is 24.3. The van der Waals surface area contributed by atoms with Crippen LogP contribution in [0.2, 0.25) is 5.02 Å². The lowest BCUT2D eigenvalue weighted by Crippen LogP contribution is -2.19. The van der Waals surface area contributed by atoms with Crippen molar-refractivity contribution in [3.8, 4) is 5.82 Å². The fourth-order valence-electron chi connectivity index (χ4n) is 3.07. The van der Waals surface area contributed by atoms with Gasteiger partial charge in [0.2, 0.25) is 0 Å². The van der Waals surface area contributed by atoms with Crippen LogP contribution < -0.4 is 16.0 Å². The van der Waals surface area contributed by atoms with E-state index in [1.807, 2.05) is 11.5 Å². The summed E-state index contributed by atoms with van der Waals surface area (Å²) in [6, 6.07) is 10.9. The number of nitrogens with zero attached hydrogens (tertiary/aromatic N) is 4. The number of rotatable bonds is 5. The van der Waals surface area contributed by atoms with Crippen LogP contribution >= 0.6 is 11.6 Å². The van der Waals surface area contributed by atoms with E-state index in [4.69, 9.17) is 11.6 Å². The number of urea groups is 1. The van der Waals surface area contributed by atoms with Crippen LogP contribution in [0.3, 0.4) is 0 Å². The molecule has 0 radical (unpaired) electrons. The highest BCUT2D eigenvalue weighted by Gasteiger charge is 2.33. The third kappa shape index (κ3) is 5.44. The molecule has 0 spiro atoms. The topological polar surface area (TPSA) is 96.8 Å². The Morgan fingerprint density at radius 2 is 1.62 bits per heavy atom. The molecule has 0 saturated heterocycles. The SMILES string of the molecule is Cc1nccn1-c1cc(Nc2ccc(NC(=O)Nc3ccc(Cl)c(C(F)(F)F)c3)cc2)ncn1. The molecule has 0 unspecified atom stereocenters. The smallest absolute Gasteiger partial charge is 0.340 e. The van der Waals surface area contributed by atoms with Crippen LogP contribution in [0, 0.1) is 6.92 Å². The van der Waals surface area contributed by atoms with E-state index >= 15 is 0 Å². The first-order chi connectivity index (χ1) is 16.2. The molecule has 8 nitrogen and oxygen atoms in total. The molecule has 0 aliphatic heterocycles. The minimum atomic E-state index is -4.63. The highest BCUT2D eigenvalue weighted by Crippen LogP contribution is 2.36. The van der Waals surface area contributed by atoms with Crippen LogP contribution in [0.5, 0.6) is 0 Å². The second-order valence-electron chi connectivity index (χ2n) is 7.08. The molecule has 0 fully saturated rings. The predicted octanol–water partition coefficient (Wildman–Crippen LogP) is 6.03. The van der Waals surface area contributed by atoms with Gasteiger partial charge < -0.3 is 16.0 Å². The first-order valence-corrected chi connectivity index (χ1v) is 10.2. The number of hydrogen-bond donors (Lipinski definition) is 3. The number of nitrogens with one attached hydrogen (secondary N) is 3. The van der Waals surface area contributed by atoms with Gasteiger partial charge in [0.15, 0.2) is 0 Å². The largest absolute Gasteiger partial charge is 0.417 e. The maximum absolute atomic E-state index is 13.0. The van der Waals surface area contributed by atoms with Crippen molar-refractivity contribution in [2.24, 2.45) is 0 Å². The van der Waals surface area contributed by atoms with Crippen molar-refractivity contribution >= 4 is 40.5 Å². The zero-order valence-electron chi connectivity index (χ0n) is 17.6. The van der Waals surface area contributed by atoms with Crippen molar-refractivity contribution in [2.45, 2.75) is 13.1 Å². The number of aromatic nitrogens is 4. The molecule has 2 aromatic carbocycles. The van der Waals surface area contributed by atoms with Gasteiger partial charge in [-0.05, 0) is 49.4 Å². The summed E-state index contributed by atoms with van der Waals surface area (Å²) in [7, 11) is 0. The average Bonchev–Trinajstić information content (AvgIpc) is 3.22. The Hall–Kier alpha value is -4.12. The number of halogens is 4. The highest BCUT2D eigenvalue weighted by molar-refractivity contribution is 6.31. The first kappa shape index (κ1) is 23.1. The van der Waals surface area contributed by atoms with Crippen LogP contribution in [0.1, 0.15) is 11.4 Å². The lowest BCUT2D eigenvalue weighted by atomic mass is 10.2. The van der Waals surface area contributed by atoms with Crippen molar-refractivity contribution < 1.29 is 18.0 Å². The van der Waals surface area contributed by atoms with E-state index in [0.29, 0.717) is 23.0 Å². The van der Waals surface area contributed by atoms with E-state index in [2.05, 4.69) is 30.9 Å². The van der Waals surface area contributed by atoms with Crippen molar-refractivity contribution in [3.63, 3.8) is 0 Å². The molecule has 2 amide bonds. The molecule has 0 aliphatic carbocycles. The molecule has 4 aromatic rings. The van der Waals surface area contributed by atoms with Crippen molar-refractivity contribution in [1.29, 1.82) is 0 Å². The summed E-state index contributed by atoms with van der Waals surface area (Å²) in [5, 5.41) is 7.61. The Labute approximate surface area is 196 Å². The molecule has 0 aliphatic rings. The van der Waals surface area contributed by atoms with E-state index in [1.54, 1.807) is 42.7 Å². The first-order valence-electron chi connectivity index (χ1n) is 9.83. The fourth-order valence-corrected chi connectivity index (χ4v) is 3.29. The number of carbonyl (C=O) groups excluding carboxylic acids is 1. The summed E-state index contributed by atoms with van der Waals surface area (Å²) in [4.78, 5) is 24.8. The average molecular weight is 488 g/mol. The normalized spacial score (nSPS) is 11.2. The maximum atomic E-state index is 13.0. The van der Waals surface area contributed by atoms with Crippen LogP contribution in [-0.2, 0) is 6.18 Å². The lowest BCUT2D eigenvalue weighted by molar-refractivity contribution is -0.137. The van der Waals surface area contributed by atoms with Crippen LogP contribution in [0.25, 0.3) is 5.82 Å². The van der Waals surface area contributed by atoms with Crippen molar-refractivity contribution in [2.75, 3.05) is 16.0 Å². The van der Waals surface area contributed by atoms with Gasteiger partial charge in [-0.1, -0.05) is 11.6 Å². The molecule has 12 heteroatoms. The van der Waals surface area contributed by atoms with Crippen LogP contribution in [0.4, 0.5) is 40.8 Å². The van der Waals surface area contributed by atoms with Crippen LogP contribution in [-0.4, -0.2) is 25.6 Å². The monoisotopic (exact) mass is 487 g/mol. The van der Waals surface area contributed by atoms with Gasteiger partial charge in [-0.15, -0.1) is 0 Å². The van der Waals surface area contributed by atoms with Gasteiger partial charge >= 0.3 is 12.2 Å². The number of aryl methyl sites for hydroxylation is 1. The summed E-state index contributed by atoms with van der Waals surface area (Å²) in [5.41, 5.74) is 0.0645. The number of amides is 2. The Morgan fingerprint density at radius 3 is 2.29 bits per heavy atom. The summed E-state index contributed by atoms with van der Waals surface area (Å²) in [5.74, 6) is 1.99. The highest BCUT2D eigenvalue weighted by atomic mass is 35.5. The minimum absolute atomic E-state index is 0.0415. The molecule has 0 saturated carbocycles. The number of carbonyl (C=O) groups is 1. The van der Waals surface area contributed by atoms with Gasteiger partial charge in [-0.2, -0.15) is 13.2 Å². The molecule has 3 N–H and O–H groups in total. The molecule has 0 atom stereocenters. The number of hydrogen-bond acceptors (Lipinski definition) is 5. The van der Waals surface area contributed by atoms with Crippen molar-refractivity contribution in [3.05, 3.63) is 83.7 Å². The van der Waals surface area contributed by atoms with Gasteiger partial charge in [0.05, 0.1) is 10.6 Å². The summed E-state index contributed by atoms with van der Waals surface area (Å²) in [6.07, 6.45) is 0.268. The maximum Gasteiger partial charge on any atom is 0.417 e. The number of alkyl halides is 3. The predicted molar refractivity (Wildman–Crippen MR) is 123 cm³/mol. The number of benzene rings is 2. The minimum Gasteiger partial charge on any atom is -0.340 e. The molecular formula is C22H17ClF3N7O. The third-order valence-electron chi connectivity index (χ3n) is 4.67. The fraction of sp³-hybridized carbons (Fsp3) is 0.0909. The van der Waals surface area contributed by atoms with E-state index in [9.17, 15) is 18.0 Å². The Balaban J connectivity index is 1.39.